The molecule has 2 aromatic rings. The number of ether oxygens (including phenoxy) is 1. The van der Waals surface area contributed by atoms with Crippen LogP contribution in [0.4, 0.5) is 14.9 Å². The number of aliphatic hydroxyl groups excluding tert-OH is 1. The molecular weight excluding hydrogens is 311 g/mol. The van der Waals surface area contributed by atoms with Gasteiger partial charge in [0.1, 0.15) is 11.6 Å². The van der Waals surface area contributed by atoms with Crippen LogP contribution in [0.2, 0.25) is 0 Å². The molecular formula is C18H21FN2O3. The molecule has 6 heteroatoms. The fourth-order valence-corrected chi connectivity index (χ4v) is 2.19. The van der Waals surface area contributed by atoms with Gasteiger partial charge in [-0.15, -0.1) is 0 Å². The summed E-state index contributed by atoms with van der Waals surface area (Å²) in [4.78, 5) is 12.2. The van der Waals surface area contributed by atoms with Crippen molar-refractivity contribution in [2.75, 3.05) is 11.9 Å². The first-order valence-electron chi connectivity index (χ1n) is 7.69. The third kappa shape index (κ3) is 4.96. The van der Waals surface area contributed by atoms with Crippen LogP contribution in [-0.4, -0.2) is 23.8 Å². The smallest absolute Gasteiger partial charge is 0.319 e. The number of aliphatic hydroxyl groups is 1. The molecule has 0 aliphatic carbocycles. The summed E-state index contributed by atoms with van der Waals surface area (Å²) in [5, 5.41) is 14.7. The minimum atomic E-state index is -0.561. The maximum absolute atomic E-state index is 13.5. The zero-order valence-corrected chi connectivity index (χ0v) is 13.6. The van der Waals surface area contributed by atoms with Gasteiger partial charge in [0, 0.05) is 6.07 Å². The zero-order valence-electron chi connectivity index (χ0n) is 13.6. The van der Waals surface area contributed by atoms with E-state index in [1.807, 2.05) is 32.0 Å². The van der Waals surface area contributed by atoms with Gasteiger partial charge in [-0.1, -0.05) is 30.3 Å². The van der Waals surface area contributed by atoms with Gasteiger partial charge in [-0.05, 0) is 31.5 Å². The van der Waals surface area contributed by atoms with Crippen molar-refractivity contribution in [3.63, 3.8) is 0 Å². The molecule has 0 aliphatic heterocycles. The van der Waals surface area contributed by atoms with E-state index in [9.17, 15) is 14.3 Å². The van der Waals surface area contributed by atoms with Crippen LogP contribution >= 0.6 is 0 Å². The molecule has 128 valence electrons. The Balaban J connectivity index is 2.10. The van der Waals surface area contributed by atoms with Crippen molar-refractivity contribution < 1.29 is 19.0 Å². The Hall–Kier alpha value is -2.60. The number of anilines is 1. The van der Waals surface area contributed by atoms with Crippen LogP contribution in [0.1, 0.15) is 25.5 Å². The summed E-state index contributed by atoms with van der Waals surface area (Å²) in [6.45, 7) is 3.42. The predicted octanol–water partition coefficient (Wildman–Crippen LogP) is 3.47. The molecule has 0 aliphatic rings. The van der Waals surface area contributed by atoms with Gasteiger partial charge in [0.2, 0.25) is 0 Å². The Labute approximate surface area is 140 Å². The third-order valence-electron chi connectivity index (χ3n) is 3.24. The van der Waals surface area contributed by atoms with Gasteiger partial charge in [-0.3, -0.25) is 0 Å². The second kappa shape index (κ2) is 8.31. The van der Waals surface area contributed by atoms with Crippen molar-refractivity contribution in [1.29, 1.82) is 0 Å². The summed E-state index contributed by atoms with van der Waals surface area (Å²) in [7, 11) is 0. The molecule has 5 nitrogen and oxygen atoms in total. The topological polar surface area (TPSA) is 70.6 Å². The highest BCUT2D eigenvalue weighted by atomic mass is 19.1. The van der Waals surface area contributed by atoms with Gasteiger partial charge in [0.25, 0.3) is 0 Å². The Bertz CT molecular complexity index is 677. The lowest BCUT2D eigenvalue weighted by molar-refractivity contribution is 0.224. The Morgan fingerprint density at radius 3 is 2.54 bits per heavy atom. The predicted molar refractivity (Wildman–Crippen MR) is 90.6 cm³/mol. The molecule has 0 heterocycles. The average Bonchev–Trinajstić information content (AvgIpc) is 2.55. The summed E-state index contributed by atoms with van der Waals surface area (Å²) in [5.74, 6) is -0.106. The second-order valence-electron chi connectivity index (χ2n) is 5.55. The van der Waals surface area contributed by atoms with E-state index in [1.54, 1.807) is 12.1 Å². The molecule has 2 rings (SSSR count). The molecule has 0 spiro atoms. The van der Waals surface area contributed by atoms with Crippen LogP contribution in [0, 0.1) is 5.82 Å². The number of rotatable bonds is 6. The fraction of sp³-hybridized carbons (Fsp3) is 0.278. The fourth-order valence-electron chi connectivity index (χ4n) is 2.19. The van der Waals surface area contributed by atoms with Crippen LogP contribution in [-0.2, 0) is 0 Å². The molecule has 0 unspecified atom stereocenters. The lowest BCUT2D eigenvalue weighted by Gasteiger charge is -2.19. The van der Waals surface area contributed by atoms with E-state index in [-0.39, 0.29) is 18.4 Å². The van der Waals surface area contributed by atoms with Gasteiger partial charge in [0.05, 0.1) is 24.4 Å². The molecule has 0 radical (unpaired) electrons. The summed E-state index contributed by atoms with van der Waals surface area (Å²) in [5.41, 5.74) is 0.999. The molecule has 2 aromatic carbocycles. The highest BCUT2D eigenvalue weighted by Crippen LogP contribution is 2.26. The highest BCUT2D eigenvalue weighted by Gasteiger charge is 2.15. The van der Waals surface area contributed by atoms with Crippen molar-refractivity contribution in [2.45, 2.75) is 26.0 Å². The molecule has 24 heavy (non-hydrogen) atoms. The minimum Gasteiger partial charge on any atom is -0.489 e. The maximum Gasteiger partial charge on any atom is 0.319 e. The Morgan fingerprint density at radius 1 is 1.21 bits per heavy atom. The molecule has 0 saturated carbocycles. The highest BCUT2D eigenvalue weighted by molar-refractivity contribution is 5.91. The Morgan fingerprint density at radius 2 is 1.92 bits per heavy atom. The summed E-state index contributed by atoms with van der Waals surface area (Å²) < 4.78 is 19.0. The molecule has 0 bridgehead atoms. The molecule has 3 N–H and O–H groups in total. The van der Waals surface area contributed by atoms with Crippen LogP contribution < -0.4 is 15.4 Å². The first-order valence-corrected chi connectivity index (χ1v) is 7.69. The van der Waals surface area contributed by atoms with Crippen LogP contribution in [0.3, 0.4) is 0 Å². The number of nitrogens with one attached hydrogen (secondary N) is 2. The molecule has 2 amide bonds. The van der Waals surface area contributed by atoms with E-state index >= 15 is 0 Å². The number of halogens is 1. The van der Waals surface area contributed by atoms with E-state index in [0.29, 0.717) is 5.75 Å². The van der Waals surface area contributed by atoms with Crippen molar-refractivity contribution in [3.05, 3.63) is 59.9 Å². The first kappa shape index (κ1) is 17.7. The normalized spacial score (nSPS) is 11.9. The summed E-state index contributed by atoms with van der Waals surface area (Å²) in [6, 6.07) is 11.9. The van der Waals surface area contributed by atoms with Crippen molar-refractivity contribution >= 4 is 11.7 Å². The van der Waals surface area contributed by atoms with Crippen molar-refractivity contribution in [1.82, 2.24) is 5.32 Å². The van der Waals surface area contributed by atoms with Gasteiger partial charge in [0.15, 0.2) is 0 Å². The van der Waals surface area contributed by atoms with Gasteiger partial charge in [-0.25, -0.2) is 9.18 Å². The Kier molecular flexibility index (Phi) is 6.14. The quantitative estimate of drug-likeness (QED) is 0.758. The lowest BCUT2D eigenvalue weighted by atomic mass is 10.1. The number of urea groups is 1. The van der Waals surface area contributed by atoms with E-state index in [0.717, 1.165) is 5.56 Å². The summed E-state index contributed by atoms with van der Waals surface area (Å²) >= 11 is 0. The van der Waals surface area contributed by atoms with E-state index < -0.39 is 17.9 Å². The minimum absolute atomic E-state index is 0.117. The number of hydrogen-bond acceptors (Lipinski definition) is 3. The number of hydrogen-bond donors (Lipinski definition) is 3. The van der Waals surface area contributed by atoms with Crippen LogP contribution in [0.15, 0.2) is 48.5 Å². The SMILES string of the molecule is CC(C)Oc1ccc(F)cc1NC(=O)N[C@H](CO)c1ccccc1. The number of carbonyl (C=O) groups excluding carboxylic acids is 1. The van der Waals surface area contributed by atoms with Gasteiger partial charge < -0.3 is 20.5 Å². The number of benzene rings is 2. The first-order chi connectivity index (χ1) is 11.5. The summed E-state index contributed by atoms with van der Waals surface area (Å²) in [6.07, 6.45) is -0.117. The number of carbonyl (C=O) groups is 1. The average molecular weight is 332 g/mol. The largest absolute Gasteiger partial charge is 0.489 e. The van der Waals surface area contributed by atoms with E-state index in [2.05, 4.69) is 10.6 Å². The third-order valence-corrected chi connectivity index (χ3v) is 3.24. The molecule has 0 saturated heterocycles. The van der Waals surface area contributed by atoms with E-state index in [1.165, 1.54) is 18.2 Å². The number of amides is 2. The maximum atomic E-state index is 13.5. The van der Waals surface area contributed by atoms with Crippen molar-refractivity contribution in [2.24, 2.45) is 0 Å². The lowest BCUT2D eigenvalue weighted by Crippen LogP contribution is -2.34. The van der Waals surface area contributed by atoms with Gasteiger partial charge in [-0.2, -0.15) is 0 Å². The van der Waals surface area contributed by atoms with Crippen molar-refractivity contribution in [3.8, 4) is 5.75 Å². The molecule has 0 fully saturated rings. The zero-order chi connectivity index (χ0) is 17.5. The molecule has 0 aromatic heterocycles. The van der Waals surface area contributed by atoms with E-state index in [4.69, 9.17) is 4.74 Å². The van der Waals surface area contributed by atoms with Gasteiger partial charge >= 0.3 is 6.03 Å². The standard InChI is InChI=1S/C18H21FN2O3/c1-12(2)24-17-9-8-14(19)10-15(17)20-18(23)21-16(11-22)13-6-4-3-5-7-13/h3-10,12,16,22H,11H2,1-2H3,(H2,20,21,23)/t16-/m1/s1. The van der Waals surface area contributed by atoms with Crippen LogP contribution in [0.25, 0.3) is 0 Å². The van der Waals surface area contributed by atoms with Crippen LogP contribution in [0.5, 0.6) is 5.75 Å². The monoisotopic (exact) mass is 332 g/mol. The second-order valence-corrected chi connectivity index (χ2v) is 5.55. The molecule has 1 atom stereocenters.